The fraction of sp³-hybridized carbons (Fsp3) is 0.263. The summed E-state index contributed by atoms with van der Waals surface area (Å²) in [5.74, 6) is -0.948. The minimum Gasteiger partial charge on any atom is -0.364 e. The number of carbonyl (C=O) groups is 2. The highest BCUT2D eigenvalue weighted by Gasteiger charge is 2.31. The van der Waals surface area contributed by atoms with E-state index in [0.717, 1.165) is 0 Å². The maximum absolute atomic E-state index is 12.8. The van der Waals surface area contributed by atoms with E-state index in [1.807, 2.05) is 0 Å². The number of primary amides is 1. The molecule has 1 saturated heterocycles. The van der Waals surface area contributed by atoms with E-state index in [1.165, 1.54) is 27.2 Å². The second kappa shape index (κ2) is 8.81. The molecule has 0 saturated carbocycles. The van der Waals surface area contributed by atoms with Gasteiger partial charge in [0.25, 0.3) is 5.91 Å². The molecule has 1 aliphatic heterocycles. The molecule has 160 valence electrons. The van der Waals surface area contributed by atoms with Crippen LogP contribution < -0.4 is 5.73 Å². The highest BCUT2D eigenvalue weighted by molar-refractivity contribution is 7.89. The Bertz CT molecular complexity index is 1120. The first kappa shape index (κ1) is 22.4. The van der Waals surface area contributed by atoms with Crippen molar-refractivity contribution in [3.8, 4) is 0 Å². The molecule has 0 aliphatic carbocycles. The van der Waals surface area contributed by atoms with Gasteiger partial charge in [0.15, 0.2) is 0 Å². The minimum absolute atomic E-state index is 0.00384. The lowest BCUT2D eigenvalue weighted by Crippen LogP contribution is -2.50. The second-order valence-corrected chi connectivity index (χ2v) is 9.55. The van der Waals surface area contributed by atoms with E-state index < -0.39 is 15.9 Å². The average Bonchev–Trinajstić information content (AvgIpc) is 3.10. The number of hydrogen-bond acceptors (Lipinski definition) is 4. The van der Waals surface area contributed by atoms with E-state index in [1.54, 1.807) is 36.2 Å². The van der Waals surface area contributed by atoms with Crippen molar-refractivity contribution in [2.45, 2.75) is 4.90 Å². The summed E-state index contributed by atoms with van der Waals surface area (Å²) >= 11 is 12.0. The van der Waals surface area contributed by atoms with Gasteiger partial charge < -0.3 is 15.2 Å². The van der Waals surface area contributed by atoms with Crippen LogP contribution >= 0.6 is 23.2 Å². The van der Waals surface area contributed by atoms with Crippen LogP contribution in [0.5, 0.6) is 0 Å². The molecule has 1 aromatic carbocycles. The Morgan fingerprint density at radius 3 is 2.33 bits per heavy atom. The Balaban J connectivity index is 1.65. The van der Waals surface area contributed by atoms with Crippen molar-refractivity contribution in [3.05, 3.63) is 57.8 Å². The standard InChI is InChI=1S/C19H20Cl2N4O4S/c1-23-12-15(11-17(23)19(22)27)30(28,29)25-8-6-24(7-9-25)18(26)5-3-13-2-4-14(20)10-16(13)21/h2-5,10-12H,6-9H2,1H3,(H2,22,27)/b5-3+. The van der Waals surface area contributed by atoms with Gasteiger partial charge in [0.1, 0.15) is 10.6 Å². The zero-order chi connectivity index (χ0) is 22.1. The molecule has 8 nitrogen and oxygen atoms in total. The summed E-state index contributed by atoms with van der Waals surface area (Å²) in [7, 11) is -2.24. The molecular formula is C19H20Cl2N4O4S. The smallest absolute Gasteiger partial charge is 0.265 e. The Hall–Kier alpha value is -2.33. The van der Waals surface area contributed by atoms with Gasteiger partial charge in [-0.25, -0.2) is 8.42 Å². The predicted octanol–water partition coefficient (Wildman–Crippen LogP) is 1.98. The first-order valence-electron chi connectivity index (χ1n) is 8.98. The Labute approximate surface area is 184 Å². The monoisotopic (exact) mass is 470 g/mol. The quantitative estimate of drug-likeness (QED) is 0.674. The van der Waals surface area contributed by atoms with Gasteiger partial charge in [-0.3, -0.25) is 9.59 Å². The van der Waals surface area contributed by atoms with Crippen LogP contribution in [-0.4, -0.2) is 60.2 Å². The summed E-state index contributed by atoms with van der Waals surface area (Å²) in [5, 5.41) is 0.933. The van der Waals surface area contributed by atoms with Crippen LogP contribution in [0.3, 0.4) is 0 Å². The van der Waals surface area contributed by atoms with Crippen LogP contribution in [0.4, 0.5) is 0 Å². The van der Waals surface area contributed by atoms with Crippen LogP contribution in [0.2, 0.25) is 10.0 Å². The van der Waals surface area contributed by atoms with Crippen LogP contribution in [0, 0.1) is 0 Å². The number of hydrogen-bond donors (Lipinski definition) is 1. The molecule has 0 spiro atoms. The molecule has 2 heterocycles. The maximum Gasteiger partial charge on any atom is 0.265 e. The number of aromatic nitrogens is 1. The number of benzene rings is 1. The number of amides is 2. The average molecular weight is 471 g/mol. The zero-order valence-corrected chi connectivity index (χ0v) is 18.4. The molecule has 0 atom stereocenters. The summed E-state index contributed by atoms with van der Waals surface area (Å²) in [5.41, 5.74) is 6.02. The molecule has 2 amide bonds. The Kier molecular flexibility index (Phi) is 6.56. The third-order valence-electron chi connectivity index (χ3n) is 4.79. The van der Waals surface area contributed by atoms with Crippen LogP contribution in [0.1, 0.15) is 16.1 Å². The molecule has 1 aliphatic rings. The molecule has 11 heteroatoms. The number of carbonyl (C=O) groups excluding carboxylic acids is 2. The number of rotatable bonds is 5. The van der Waals surface area contributed by atoms with E-state index in [9.17, 15) is 18.0 Å². The van der Waals surface area contributed by atoms with Crippen LogP contribution in [0.15, 0.2) is 41.4 Å². The molecule has 0 bridgehead atoms. The van der Waals surface area contributed by atoms with Gasteiger partial charge in [0.2, 0.25) is 15.9 Å². The van der Waals surface area contributed by atoms with Crippen LogP contribution in [0.25, 0.3) is 6.08 Å². The molecule has 2 N–H and O–H groups in total. The fourth-order valence-electron chi connectivity index (χ4n) is 3.12. The van der Waals surface area contributed by atoms with Crippen molar-refractivity contribution in [2.75, 3.05) is 26.2 Å². The highest BCUT2D eigenvalue weighted by atomic mass is 35.5. The Morgan fingerprint density at radius 2 is 1.77 bits per heavy atom. The summed E-state index contributed by atoms with van der Waals surface area (Å²) in [6.45, 7) is 0.771. The van der Waals surface area contributed by atoms with Gasteiger partial charge in [-0.1, -0.05) is 29.3 Å². The number of piperazine rings is 1. The lowest BCUT2D eigenvalue weighted by molar-refractivity contribution is -0.127. The molecule has 0 radical (unpaired) electrons. The van der Waals surface area contributed by atoms with E-state index >= 15 is 0 Å². The van der Waals surface area contributed by atoms with Crippen molar-refractivity contribution in [1.29, 1.82) is 0 Å². The number of sulfonamides is 1. The zero-order valence-electron chi connectivity index (χ0n) is 16.1. The molecule has 30 heavy (non-hydrogen) atoms. The van der Waals surface area contributed by atoms with Crippen molar-refractivity contribution in [3.63, 3.8) is 0 Å². The van der Waals surface area contributed by atoms with Gasteiger partial charge in [0.05, 0.1) is 0 Å². The van der Waals surface area contributed by atoms with Crippen molar-refractivity contribution in [1.82, 2.24) is 13.8 Å². The van der Waals surface area contributed by atoms with Gasteiger partial charge in [-0.15, -0.1) is 0 Å². The number of aryl methyl sites for hydroxylation is 1. The van der Waals surface area contributed by atoms with Crippen molar-refractivity contribution < 1.29 is 18.0 Å². The van der Waals surface area contributed by atoms with Crippen molar-refractivity contribution >= 4 is 51.1 Å². The third kappa shape index (κ3) is 4.70. The van der Waals surface area contributed by atoms with Gasteiger partial charge in [-0.2, -0.15) is 4.31 Å². The summed E-state index contributed by atoms with van der Waals surface area (Å²) in [6.07, 6.45) is 4.35. The summed E-state index contributed by atoms with van der Waals surface area (Å²) in [6, 6.07) is 6.23. The normalized spacial score (nSPS) is 15.6. The van der Waals surface area contributed by atoms with E-state index in [4.69, 9.17) is 28.9 Å². The minimum atomic E-state index is -3.79. The SMILES string of the molecule is Cn1cc(S(=O)(=O)N2CCN(C(=O)/C=C/c3ccc(Cl)cc3Cl)CC2)cc1C(N)=O. The first-order chi connectivity index (χ1) is 14.1. The molecule has 2 aromatic rings. The molecule has 0 unspecified atom stereocenters. The number of nitrogens with zero attached hydrogens (tertiary/aromatic N) is 3. The maximum atomic E-state index is 12.8. The first-order valence-corrected chi connectivity index (χ1v) is 11.2. The topological polar surface area (TPSA) is 106 Å². The summed E-state index contributed by atoms with van der Waals surface area (Å²) < 4.78 is 28.4. The van der Waals surface area contributed by atoms with E-state index in [0.29, 0.717) is 15.6 Å². The fourth-order valence-corrected chi connectivity index (χ4v) is 5.09. The third-order valence-corrected chi connectivity index (χ3v) is 7.21. The van der Waals surface area contributed by atoms with Gasteiger partial charge in [0, 0.05) is 55.5 Å². The highest BCUT2D eigenvalue weighted by Crippen LogP contribution is 2.23. The Morgan fingerprint density at radius 1 is 1.10 bits per heavy atom. The molecule has 3 rings (SSSR count). The molecule has 1 aromatic heterocycles. The molecule has 1 fully saturated rings. The van der Waals surface area contributed by atoms with Crippen LogP contribution in [-0.2, 0) is 21.9 Å². The van der Waals surface area contributed by atoms with Crippen molar-refractivity contribution in [2.24, 2.45) is 12.8 Å². The summed E-state index contributed by atoms with van der Waals surface area (Å²) in [4.78, 5) is 25.4. The van der Waals surface area contributed by atoms with Gasteiger partial charge in [-0.05, 0) is 29.8 Å². The predicted molar refractivity (Wildman–Crippen MR) is 115 cm³/mol. The lowest BCUT2D eigenvalue weighted by atomic mass is 10.2. The van der Waals surface area contributed by atoms with E-state index in [2.05, 4.69) is 0 Å². The lowest BCUT2D eigenvalue weighted by Gasteiger charge is -2.33. The molecular weight excluding hydrogens is 451 g/mol. The largest absolute Gasteiger partial charge is 0.364 e. The number of halogens is 2. The number of nitrogens with two attached hydrogens (primary N) is 1. The van der Waals surface area contributed by atoms with Gasteiger partial charge >= 0.3 is 0 Å². The van der Waals surface area contributed by atoms with E-state index in [-0.39, 0.29) is 42.7 Å². The second-order valence-electron chi connectivity index (χ2n) is 6.76.